The Morgan fingerprint density at radius 3 is 2.62 bits per heavy atom. The number of nitrogens with one attached hydrogen (secondary N) is 1. The van der Waals surface area contributed by atoms with Crippen LogP contribution in [0.4, 0.5) is 13.2 Å². The van der Waals surface area contributed by atoms with Crippen LogP contribution >= 0.6 is 12.2 Å². The summed E-state index contributed by atoms with van der Waals surface area (Å²) in [4.78, 5) is 0. The number of benzene rings is 1. The van der Waals surface area contributed by atoms with Crippen molar-refractivity contribution in [2.75, 3.05) is 6.54 Å². The van der Waals surface area contributed by atoms with Crippen molar-refractivity contribution >= 4 is 17.3 Å². The third-order valence-electron chi connectivity index (χ3n) is 2.93. The zero-order chi connectivity index (χ0) is 15.9. The van der Waals surface area contributed by atoms with Gasteiger partial charge in [0.1, 0.15) is 5.75 Å². The Balaban J connectivity index is 2.93. The van der Waals surface area contributed by atoms with Crippen LogP contribution in [0.25, 0.3) is 0 Å². The highest BCUT2D eigenvalue weighted by Crippen LogP contribution is 2.30. The predicted octanol–water partition coefficient (Wildman–Crippen LogP) is 3.30. The Morgan fingerprint density at radius 1 is 1.33 bits per heavy atom. The second kappa shape index (κ2) is 8.07. The van der Waals surface area contributed by atoms with Crippen LogP contribution in [0.3, 0.4) is 0 Å². The molecule has 0 fully saturated rings. The summed E-state index contributed by atoms with van der Waals surface area (Å²) in [6, 6.07) is 4.71. The molecule has 0 aliphatic carbocycles. The van der Waals surface area contributed by atoms with Crippen molar-refractivity contribution in [3.63, 3.8) is 0 Å². The number of unbranched alkanes of at least 4 members (excludes halogenated alkanes) is 1. The van der Waals surface area contributed by atoms with E-state index < -0.39 is 6.36 Å². The molecule has 0 aliphatic heterocycles. The minimum Gasteiger partial charge on any atom is -0.405 e. The third-order valence-corrected chi connectivity index (χ3v) is 3.07. The number of hydrogen-bond acceptors (Lipinski definition) is 2. The maximum Gasteiger partial charge on any atom is 0.573 e. The zero-order valence-corrected chi connectivity index (χ0v) is 12.6. The molecule has 3 N–H and O–H groups in total. The minimum absolute atomic E-state index is 0.122. The van der Waals surface area contributed by atoms with Crippen molar-refractivity contribution in [2.45, 2.75) is 39.0 Å². The van der Waals surface area contributed by atoms with E-state index in [9.17, 15) is 13.2 Å². The van der Waals surface area contributed by atoms with Gasteiger partial charge in [-0.05, 0) is 48.7 Å². The van der Waals surface area contributed by atoms with Crippen molar-refractivity contribution in [3.05, 3.63) is 29.3 Å². The Labute approximate surface area is 127 Å². The third kappa shape index (κ3) is 6.66. The molecular weight excluding hydrogens is 301 g/mol. The lowest BCUT2D eigenvalue weighted by Gasteiger charge is -2.17. The van der Waals surface area contributed by atoms with Gasteiger partial charge in [0.15, 0.2) is 5.11 Å². The van der Waals surface area contributed by atoms with Crippen LogP contribution in [0.1, 0.15) is 30.9 Å². The first-order valence-electron chi connectivity index (χ1n) is 6.73. The molecule has 21 heavy (non-hydrogen) atoms. The van der Waals surface area contributed by atoms with Gasteiger partial charge >= 0.3 is 6.36 Å². The van der Waals surface area contributed by atoms with E-state index in [2.05, 4.69) is 10.1 Å². The van der Waals surface area contributed by atoms with Crippen molar-refractivity contribution < 1.29 is 17.9 Å². The molecule has 118 valence electrons. The second-order valence-electron chi connectivity index (χ2n) is 4.59. The molecule has 7 heteroatoms. The SMILES string of the molecule is CCCCc1c(CCNC(N)=S)cccc1OC(F)(F)F. The van der Waals surface area contributed by atoms with Crippen LogP contribution in [0.5, 0.6) is 5.75 Å². The average Bonchev–Trinajstić information content (AvgIpc) is 2.35. The van der Waals surface area contributed by atoms with Crippen LogP contribution < -0.4 is 15.8 Å². The van der Waals surface area contributed by atoms with Gasteiger partial charge in [-0.25, -0.2) is 0 Å². The number of nitrogens with two attached hydrogens (primary N) is 1. The highest BCUT2D eigenvalue weighted by molar-refractivity contribution is 7.80. The molecule has 0 spiro atoms. The molecule has 1 rings (SSSR count). The van der Waals surface area contributed by atoms with Gasteiger partial charge in [-0.3, -0.25) is 0 Å². The summed E-state index contributed by atoms with van der Waals surface area (Å²) >= 11 is 4.70. The molecule has 1 aromatic carbocycles. The summed E-state index contributed by atoms with van der Waals surface area (Å²) in [5.74, 6) is -0.122. The van der Waals surface area contributed by atoms with Gasteiger partial charge in [0, 0.05) is 6.54 Å². The quantitative estimate of drug-likeness (QED) is 0.757. The lowest BCUT2D eigenvalue weighted by Crippen LogP contribution is -2.30. The van der Waals surface area contributed by atoms with Gasteiger partial charge in [0.2, 0.25) is 0 Å². The van der Waals surface area contributed by atoms with E-state index in [0.29, 0.717) is 24.9 Å². The first kappa shape index (κ1) is 17.6. The van der Waals surface area contributed by atoms with Crippen LogP contribution in [0, 0.1) is 0 Å². The number of alkyl halides is 3. The molecule has 0 radical (unpaired) electrons. The lowest BCUT2D eigenvalue weighted by atomic mass is 9.98. The largest absolute Gasteiger partial charge is 0.573 e. The molecule has 0 saturated heterocycles. The number of halogens is 3. The van der Waals surface area contributed by atoms with E-state index in [1.807, 2.05) is 6.92 Å². The number of rotatable bonds is 7. The van der Waals surface area contributed by atoms with Crippen molar-refractivity contribution in [2.24, 2.45) is 5.73 Å². The first-order chi connectivity index (χ1) is 9.83. The molecule has 0 aliphatic rings. The standard InChI is InChI=1S/C14H19F3N2OS/c1-2-3-6-11-10(8-9-19-13(18)21)5-4-7-12(11)20-14(15,16)17/h4-5,7H,2-3,6,8-9H2,1H3,(H3,18,19,21). The molecule has 1 aromatic rings. The van der Waals surface area contributed by atoms with Gasteiger partial charge in [-0.15, -0.1) is 13.2 Å². The number of thiocarbonyl (C=S) groups is 1. The zero-order valence-electron chi connectivity index (χ0n) is 11.8. The Hall–Kier alpha value is -1.50. The highest BCUT2D eigenvalue weighted by atomic mass is 32.1. The van der Waals surface area contributed by atoms with E-state index in [1.54, 1.807) is 12.1 Å². The number of hydrogen-bond donors (Lipinski definition) is 2. The molecule has 0 aromatic heterocycles. The van der Waals surface area contributed by atoms with Gasteiger partial charge in [-0.1, -0.05) is 25.5 Å². The fraction of sp³-hybridized carbons (Fsp3) is 0.500. The summed E-state index contributed by atoms with van der Waals surface area (Å²) in [5, 5.41) is 2.97. The predicted molar refractivity (Wildman–Crippen MR) is 80.2 cm³/mol. The van der Waals surface area contributed by atoms with Crippen molar-refractivity contribution in [1.29, 1.82) is 0 Å². The normalized spacial score (nSPS) is 11.2. The molecule has 0 heterocycles. The Bertz CT molecular complexity index is 478. The van der Waals surface area contributed by atoms with Crippen LogP contribution in [0.15, 0.2) is 18.2 Å². The summed E-state index contributed by atoms with van der Waals surface area (Å²) < 4.78 is 41.5. The Kier molecular flexibility index (Phi) is 6.74. The topological polar surface area (TPSA) is 47.3 Å². The minimum atomic E-state index is -4.68. The van der Waals surface area contributed by atoms with Crippen molar-refractivity contribution in [3.8, 4) is 5.75 Å². The molecule has 0 unspecified atom stereocenters. The maximum absolute atomic E-state index is 12.5. The van der Waals surface area contributed by atoms with E-state index >= 15 is 0 Å². The molecule has 0 saturated carbocycles. The fourth-order valence-corrected chi connectivity index (χ4v) is 2.13. The summed E-state index contributed by atoms with van der Waals surface area (Å²) in [6.45, 7) is 2.46. The van der Waals surface area contributed by atoms with E-state index in [0.717, 1.165) is 18.4 Å². The summed E-state index contributed by atoms with van der Waals surface area (Å²) in [5.41, 5.74) is 6.75. The highest BCUT2D eigenvalue weighted by Gasteiger charge is 2.32. The van der Waals surface area contributed by atoms with Gasteiger partial charge in [0.25, 0.3) is 0 Å². The van der Waals surface area contributed by atoms with Gasteiger partial charge in [-0.2, -0.15) is 0 Å². The smallest absolute Gasteiger partial charge is 0.405 e. The van der Waals surface area contributed by atoms with Gasteiger partial charge in [0.05, 0.1) is 0 Å². The molecule has 0 bridgehead atoms. The van der Waals surface area contributed by atoms with Crippen LogP contribution in [-0.2, 0) is 12.8 Å². The van der Waals surface area contributed by atoms with Crippen LogP contribution in [0.2, 0.25) is 0 Å². The lowest BCUT2D eigenvalue weighted by molar-refractivity contribution is -0.274. The summed E-state index contributed by atoms with van der Waals surface area (Å²) in [6.07, 6.45) is -1.91. The first-order valence-corrected chi connectivity index (χ1v) is 7.14. The summed E-state index contributed by atoms with van der Waals surface area (Å²) in [7, 11) is 0. The molecule has 0 atom stereocenters. The van der Waals surface area contributed by atoms with E-state index in [4.69, 9.17) is 18.0 Å². The Morgan fingerprint density at radius 2 is 2.05 bits per heavy atom. The average molecular weight is 320 g/mol. The second-order valence-corrected chi connectivity index (χ2v) is 5.03. The molecule has 0 amide bonds. The van der Waals surface area contributed by atoms with Gasteiger partial charge < -0.3 is 15.8 Å². The monoisotopic (exact) mass is 320 g/mol. The van der Waals surface area contributed by atoms with Crippen molar-refractivity contribution in [1.82, 2.24) is 5.32 Å². The molecular formula is C14H19F3N2OS. The number of ether oxygens (including phenoxy) is 1. The van der Waals surface area contributed by atoms with Crippen LogP contribution in [-0.4, -0.2) is 18.0 Å². The fourth-order valence-electron chi connectivity index (χ4n) is 2.02. The maximum atomic E-state index is 12.5. The van der Waals surface area contributed by atoms with E-state index in [-0.39, 0.29) is 10.9 Å². The molecule has 3 nitrogen and oxygen atoms in total. The van der Waals surface area contributed by atoms with E-state index in [1.165, 1.54) is 6.07 Å².